The first-order chi connectivity index (χ1) is 9.02. The standard InChI is InChI=1S/C14H23NO4/c1-2-8-5-10(11(6-8)14(18)19)13(17)15-7-12(16)9-3-4-9/h8-12,16H,2-7H2,1H3,(H,15,17)(H,18,19)/t8?,10-,11+,12?/m0/s1. The average molecular weight is 269 g/mol. The zero-order chi connectivity index (χ0) is 14.0. The number of amides is 1. The number of carbonyl (C=O) groups excluding carboxylic acids is 1. The summed E-state index contributed by atoms with van der Waals surface area (Å²) in [5.41, 5.74) is 0. The van der Waals surface area contributed by atoms with Gasteiger partial charge in [-0.1, -0.05) is 13.3 Å². The van der Waals surface area contributed by atoms with Crippen molar-refractivity contribution in [2.24, 2.45) is 23.7 Å². The van der Waals surface area contributed by atoms with Crippen LogP contribution in [0.25, 0.3) is 0 Å². The molecule has 2 rings (SSSR count). The molecular weight excluding hydrogens is 246 g/mol. The van der Waals surface area contributed by atoms with Crippen LogP contribution < -0.4 is 5.32 Å². The molecule has 1 amide bonds. The van der Waals surface area contributed by atoms with Crippen molar-refractivity contribution in [2.45, 2.75) is 45.1 Å². The number of carboxylic acid groups (broad SMARTS) is 1. The Kier molecular flexibility index (Phi) is 4.45. The summed E-state index contributed by atoms with van der Waals surface area (Å²) in [5.74, 6) is -1.44. The molecule has 0 spiro atoms. The lowest BCUT2D eigenvalue weighted by Gasteiger charge is -2.17. The molecule has 0 aromatic carbocycles. The van der Waals surface area contributed by atoms with Crippen LogP contribution in [0.2, 0.25) is 0 Å². The van der Waals surface area contributed by atoms with Crippen LogP contribution in [0.3, 0.4) is 0 Å². The highest BCUT2D eigenvalue weighted by atomic mass is 16.4. The van der Waals surface area contributed by atoms with Crippen LogP contribution in [0.15, 0.2) is 0 Å². The predicted molar refractivity (Wildman–Crippen MR) is 69.4 cm³/mol. The van der Waals surface area contributed by atoms with Gasteiger partial charge in [-0.05, 0) is 37.5 Å². The molecule has 0 aromatic rings. The lowest BCUT2D eigenvalue weighted by atomic mass is 9.95. The van der Waals surface area contributed by atoms with Gasteiger partial charge < -0.3 is 15.5 Å². The maximum Gasteiger partial charge on any atom is 0.307 e. The summed E-state index contributed by atoms with van der Waals surface area (Å²) >= 11 is 0. The maximum absolute atomic E-state index is 12.1. The highest BCUT2D eigenvalue weighted by Crippen LogP contribution is 2.38. The Hall–Kier alpha value is -1.10. The zero-order valence-corrected chi connectivity index (χ0v) is 11.3. The molecule has 4 atom stereocenters. The van der Waals surface area contributed by atoms with Crippen LogP contribution >= 0.6 is 0 Å². The molecule has 2 fully saturated rings. The molecule has 0 aromatic heterocycles. The molecule has 0 heterocycles. The first kappa shape index (κ1) is 14.3. The summed E-state index contributed by atoms with van der Waals surface area (Å²) in [5, 5.41) is 21.6. The van der Waals surface area contributed by atoms with E-state index in [1.54, 1.807) is 0 Å². The van der Waals surface area contributed by atoms with Gasteiger partial charge in [0.1, 0.15) is 0 Å². The molecule has 2 aliphatic rings. The molecule has 108 valence electrons. The van der Waals surface area contributed by atoms with E-state index in [0.29, 0.717) is 24.7 Å². The van der Waals surface area contributed by atoms with Gasteiger partial charge >= 0.3 is 5.97 Å². The Balaban J connectivity index is 1.86. The van der Waals surface area contributed by atoms with Crippen molar-refractivity contribution in [3.8, 4) is 0 Å². The van der Waals surface area contributed by atoms with Gasteiger partial charge in [-0.25, -0.2) is 0 Å². The Morgan fingerprint density at radius 2 is 1.89 bits per heavy atom. The normalized spacial score (nSPS) is 32.0. The van der Waals surface area contributed by atoms with Crippen LogP contribution in [0.1, 0.15) is 39.0 Å². The van der Waals surface area contributed by atoms with Gasteiger partial charge in [0.2, 0.25) is 5.91 Å². The SMILES string of the molecule is CCC1C[C@H](C(=O)NCC(O)C2CC2)[C@H](C(=O)O)C1. The molecule has 0 saturated heterocycles. The predicted octanol–water partition coefficient (Wildman–Crippen LogP) is 1.01. The van der Waals surface area contributed by atoms with Gasteiger partial charge in [0.25, 0.3) is 0 Å². The van der Waals surface area contributed by atoms with E-state index in [-0.39, 0.29) is 12.5 Å². The fraction of sp³-hybridized carbons (Fsp3) is 0.857. The fourth-order valence-corrected chi connectivity index (χ4v) is 3.02. The number of aliphatic hydroxyl groups is 1. The minimum atomic E-state index is -0.876. The molecule has 19 heavy (non-hydrogen) atoms. The van der Waals surface area contributed by atoms with E-state index < -0.39 is 23.9 Å². The smallest absolute Gasteiger partial charge is 0.307 e. The summed E-state index contributed by atoms with van der Waals surface area (Å²) in [6.45, 7) is 2.28. The second kappa shape index (κ2) is 5.90. The Morgan fingerprint density at radius 1 is 1.26 bits per heavy atom. The van der Waals surface area contributed by atoms with Crippen LogP contribution in [0.4, 0.5) is 0 Å². The molecule has 5 nitrogen and oxygen atoms in total. The Labute approximate surface area is 113 Å². The highest BCUT2D eigenvalue weighted by Gasteiger charge is 2.42. The van der Waals surface area contributed by atoms with E-state index >= 15 is 0 Å². The first-order valence-electron chi connectivity index (χ1n) is 7.21. The molecule has 2 saturated carbocycles. The van der Waals surface area contributed by atoms with Gasteiger partial charge in [-0.2, -0.15) is 0 Å². The number of carboxylic acids is 1. The topological polar surface area (TPSA) is 86.6 Å². The second-order valence-electron chi connectivity index (χ2n) is 5.95. The van der Waals surface area contributed by atoms with Crippen molar-refractivity contribution >= 4 is 11.9 Å². The zero-order valence-electron chi connectivity index (χ0n) is 11.3. The maximum atomic E-state index is 12.1. The molecule has 0 radical (unpaired) electrons. The minimum absolute atomic E-state index is 0.206. The fourth-order valence-electron chi connectivity index (χ4n) is 3.02. The number of rotatable bonds is 6. The van der Waals surface area contributed by atoms with Crippen LogP contribution in [0, 0.1) is 23.7 Å². The Morgan fingerprint density at radius 3 is 2.42 bits per heavy atom. The van der Waals surface area contributed by atoms with Crippen molar-refractivity contribution in [3.05, 3.63) is 0 Å². The largest absolute Gasteiger partial charge is 0.481 e. The van der Waals surface area contributed by atoms with Crippen molar-refractivity contribution in [2.75, 3.05) is 6.54 Å². The van der Waals surface area contributed by atoms with Gasteiger partial charge in [0.05, 0.1) is 17.9 Å². The summed E-state index contributed by atoms with van der Waals surface area (Å²) in [6.07, 6.45) is 3.73. The van der Waals surface area contributed by atoms with Gasteiger partial charge in [-0.3, -0.25) is 9.59 Å². The molecule has 0 bridgehead atoms. The highest BCUT2D eigenvalue weighted by molar-refractivity contribution is 5.85. The Bertz CT molecular complexity index is 353. The van der Waals surface area contributed by atoms with E-state index in [0.717, 1.165) is 19.3 Å². The van der Waals surface area contributed by atoms with E-state index in [1.807, 2.05) is 6.92 Å². The number of aliphatic hydroxyl groups excluding tert-OH is 1. The number of nitrogens with one attached hydrogen (secondary N) is 1. The van der Waals surface area contributed by atoms with Gasteiger partial charge in [0.15, 0.2) is 0 Å². The van der Waals surface area contributed by atoms with Crippen molar-refractivity contribution in [3.63, 3.8) is 0 Å². The summed E-state index contributed by atoms with van der Waals surface area (Å²) in [6, 6.07) is 0. The number of hydrogen-bond acceptors (Lipinski definition) is 3. The van der Waals surface area contributed by atoms with E-state index in [9.17, 15) is 19.8 Å². The molecular formula is C14H23NO4. The lowest BCUT2D eigenvalue weighted by molar-refractivity contribution is -0.146. The van der Waals surface area contributed by atoms with E-state index in [1.165, 1.54) is 0 Å². The molecule has 2 aliphatic carbocycles. The third kappa shape index (κ3) is 3.47. The second-order valence-corrected chi connectivity index (χ2v) is 5.95. The molecule has 2 unspecified atom stereocenters. The monoisotopic (exact) mass is 269 g/mol. The third-order valence-electron chi connectivity index (χ3n) is 4.54. The van der Waals surface area contributed by atoms with E-state index in [2.05, 4.69) is 5.32 Å². The number of carbonyl (C=O) groups is 2. The summed E-state index contributed by atoms with van der Waals surface area (Å²) in [7, 11) is 0. The van der Waals surface area contributed by atoms with Crippen molar-refractivity contribution < 1.29 is 19.8 Å². The van der Waals surface area contributed by atoms with Gasteiger partial charge in [-0.15, -0.1) is 0 Å². The van der Waals surface area contributed by atoms with Gasteiger partial charge in [0, 0.05) is 6.54 Å². The molecule has 3 N–H and O–H groups in total. The van der Waals surface area contributed by atoms with Crippen molar-refractivity contribution in [1.29, 1.82) is 0 Å². The number of hydrogen-bond donors (Lipinski definition) is 3. The minimum Gasteiger partial charge on any atom is -0.481 e. The third-order valence-corrected chi connectivity index (χ3v) is 4.54. The summed E-state index contributed by atoms with van der Waals surface area (Å²) < 4.78 is 0. The van der Waals surface area contributed by atoms with E-state index in [4.69, 9.17) is 0 Å². The molecule has 0 aliphatic heterocycles. The van der Waals surface area contributed by atoms with Crippen LogP contribution in [-0.4, -0.2) is 34.7 Å². The average Bonchev–Trinajstić information content (AvgIpc) is 3.13. The first-order valence-corrected chi connectivity index (χ1v) is 7.21. The summed E-state index contributed by atoms with van der Waals surface area (Å²) in [4.78, 5) is 23.3. The van der Waals surface area contributed by atoms with Crippen LogP contribution in [0.5, 0.6) is 0 Å². The quantitative estimate of drug-likeness (QED) is 0.671. The van der Waals surface area contributed by atoms with Crippen molar-refractivity contribution in [1.82, 2.24) is 5.32 Å². The lowest BCUT2D eigenvalue weighted by Crippen LogP contribution is -2.39. The molecule has 5 heteroatoms. The van der Waals surface area contributed by atoms with Crippen LogP contribution in [-0.2, 0) is 9.59 Å². The number of aliphatic carboxylic acids is 1.